The van der Waals surface area contributed by atoms with Crippen LogP contribution in [-0.2, 0) is 26.0 Å². The highest BCUT2D eigenvalue weighted by Crippen LogP contribution is 2.35. The number of anilines is 1. The second kappa shape index (κ2) is 8.44. The third-order valence-electron chi connectivity index (χ3n) is 6.07. The Balaban J connectivity index is 1.71. The SMILES string of the molecule is CC[C@@H](C)NC(=O)C1CCN(S(=O)(=O)c2ccc3c(c2)C[C@@H](C)N3C(C)=O)CC1. The Morgan fingerprint density at radius 2 is 1.90 bits per heavy atom. The molecule has 29 heavy (non-hydrogen) atoms. The van der Waals surface area contributed by atoms with E-state index in [0.717, 1.165) is 17.7 Å². The van der Waals surface area contributed by atoms with Crippen molar-refractivity contribution in [2.24, 2.45) is 5.92 Å². The van der Waals surface area contributed by atoms with Crippen LogP contribution in [-0.4, -0.2) is 49.7 Å². The number of nitrogens with zero attached hydrogens (tertiary/aromatic N) is 2. The molecule has 0 radical (unpaired) electrons. The van der Waals surface area contributed by atoms with E-state index in [1.807, 2.05) is 20.8 Å². The number of amides is 2. The first-order chi connectivity index (χ1) is 13.6. The van der Waals surface area contributed by atoms with Crippen molar-refractivity contribution >= 4 is 27.5 Å². The van der Waals surface area contributed by atoms with Crippen LogP contribution in [0.4, 0.5) is 5.69 Å². The molecular formula is C21H31N3O4S. The zero-order valence-electron chi connectivity index (χ0n) is 17.6. The van der Waals surface area contributed by atoms with Crippen molar-refractivity contribution in [3.63, 3.8) is 0 Å². The molecule has 0 bridgehead atoms. The van der Waals surface area contributed by atoms with Crippen LogP contribution in [0.5, 0.6) is 0 Å². The Labute approximate surface area is 173 Å². The molecule has 1 fully saturated rings. The fraction of sp³-hybridized carbons (Fsp3) is 0.619. The van der Waals surface area contributed by atoms with Gasteiger partial charge < -0.3 is 10.2 Å². The number of hydrogen-bond donors (Lipinski definition) is 1. The van der Waals surface area contributed by atoms with E-state index in [0.29, 0.717) is 32.4 Å². The molecule has 2 atom stereocenters. The summed E-state index contributed by atoms with van der Waals surface area (Å²) in [5.74, 6) is -0.155. The maximum atomic E-state index is 13.1. The smallest absolute Gasteiger partial charge is 0.243 e. The fourth-order valence-corrected chi connectivity index (χ4v) is 5.74. The van der Waals surface area contributed by atoms with Crippen LogP contribution >= 0.6 is 0 Å². The largest absolute Gasteiger partial charge is 0.353 e. The highest BCUT2D eigenvalue weighted by atomic mass is 32.2. The van der Waals surface area contributed by atoms with E-state index < -0.39 is 10.0 Å². The maximum absolute atomic E-state index is 13.1. The molecule has 1 aromatic carbocycles. The van der Waals surface area contributed by atoms with E-state index in [-0.39, 0.29) is 34.7 Å². The fourth-order valence-electron chi connectivity index (χ4n) is 4.22. The minimum Gasteiger partial charge on any atom is -0.353 e. The van der Waals surface area contributed by atoms with Gasteiger partial charge in [-0.3, -0.25) is 9.59 Å². The van der Waals surface area contributed by atoms with Crippen LogP contribution in [0.15, 0.2) is 23.1 Å². The summed E-state index contributed by atoms with van der Waals surface area (Å²) >= 11 is 0. The van der Waals surface area contributed by atoms with Crippen LogP contribution < -0.4 is 10.2 Å². The van der Waals surface area contributed by atoms with E-state index in [4.69, 9.17) is 0 Å². The van der Waals surface area contributed by atoms with Gasteiger partial charge in [0.1, 0.15) is 0 Å². The Kier molecular flexibility index (Phi) is 6.33. The number of hydrogen-bond acceptors (Lipinski definition) is 4. The van der Waals surface area contributed by atoms with Gasteiger partial charge in [0.05, 0.1) is 4.90 Å². The number of sulfonamides is 1. The summed E-state index contributed by atoms with van der Waals surface area (Å²) in [6, 6.07) is 5.18. The third kappa shape index (κ3) is 4.33. The maximum Gasteiger partial charge on any atom is 0.243 e. The van der Waals surface area contributed by atoms with Crippen LogP contribution in [0.2, 0.25) is 0 Å². The van der Waals surface area contributed by atoms with Gasteiger partial charge in [0.2, 0.25) is 21.8 Å². The van der Waals surface area contributed by atoms with Crippen LogP contribution in [0.25, 0.3) is 0 Å². The highest BCUT2D eigenvalue weighted by Gasteiger charge is 2.34. The normalized spacial score (nSPS) is 21.7. The lowest BCUT2D eigenvalue weighted by Gasteiger charge is -2.31. The molecule has 0 aliphatic carbocycles. The molecular weight excluding hydrogens is 390 g/mol. The van der Waals surface area contributed by atoms with Crippen LogP contribution in [0.1, 0.15) is 52.5 Å². The van der Waals surface area contributed by atoms with Gasteiger partial charge in [-0.05, 0) is 63.3 Å². The number of piperidine rings is 1. The van der Waals surface area contributed by atoms with E-state index in [1.54, 1.807) is 23.1 Å². The summed E-state index contributed by atoms with van der Waals surface area (Å²) in [5, 5.41) is 2.99. The first kappa shape index (κ1) is 21.8. The van der Waals surface area contributed by atoms with Gasteiger partial charge >= 0.3 is 0 Å². The number of benzene rings is 1. The van der Waals surface area contributed by atoms with Gasteiger partial charge in [0.15, 0.2) is 0 Å². The standard InChI is InChI=1S/C21H31N3O4S/c1-5-14(2)22-21(26)17-8-10-23(11-9-17)29(27,28)19-6-7-20-18(13-19)12-15(3)24(20)16(4)25/h6-7,13-15,17H,5,8-12H2,1-4H3,(H,22,26)/t14-,15-/m1/s1. The van der Waals surface area contributed by atoms with Crippen molar-refractivity contribution in [1.82, 2.24) is 9.62 Å². The average molecular weight is 422 g/mol. The first-order valence-corrected chi connectivity index (χ1v) is 11.8. The predicted molar refractivity (Wildman–Crippen MR) is 112 cm³/mol. The quantitative estimate of drug-likeness (QED) is 0.790. The molecule has 2 aliphatic rings. The minimum absolute atomic E-state index is 0.0206. The van der Waals surface area contributed by atoms with E-state index >= 15 is 0 Å². The monoisotopic (exact) mass is 421 g/mol. The molecule has 7 nitrogen and oxygen atoms in total. The lowest BCUT2D eigenvalue weighted by molar-refractivity contribution is -0.126. The van der Waals surface area contributed by atoms with Crippen molar-refractivity contribution in [1.29, 1.82) is 0 Å². The lowest BCUT2D eigenvalue weighted by atomic mass is 9.97. The Morgan fingerprint density at radius 3 is 2.48 bits per heavy atom. The molecule has 0 spiro atoms. The summed E-state index contributed by atoms with van der Waals surface area (Å²) in [5.41, 5.74) is 1.68. The zero-order valence-corrected chi connectivity index (χ0v) is 18.5. The topological polar surface area (TPSA) is 86.8 Å². The molecule has 2 heterocycles. The molecule has 160 valence electrons. The molecule has 8 heteroatoms. The Hall–Kier alpha value is -1.93. The van der Waals surface area contributed by atoms with E-state index in [1.165, 1.54) is 11.2 Å². The number of rotatable bonds is 5. The average Bonchev–Trinajstić information content (AvgIpc) is 3.02. The second-order valence-electron chi connectivity index (χ2n) is 8.23. The van der Waals surface area contributed by atoms with Gasteiger partial charge in [-0.2, -0.15) is 4.31 Å². The van der Waals surface area contributed by atoms with Gasteiger partial charge in [-0.25, -0.2) is 8.42 Å². The van der Waals surface area contributed by atoms with Gasteiger partial charge in [-0.15, -0.1) is 0 Å². The molecule has 0 aromatic heterocycles. The van der Waals surface area contributed by atoms with Crippen molar-refractivity contribution in [2.75, 3.05) is 18.0 Å². The molecule has 0 saturated carbocycles. The molecule has 1 saturated heterocycles. The molecule has 2 amide bonds. The summed E-state index contributed by atoms with van der Waals surface area (Å²) in [6.07, 6.45) is 2.58. The summed E-state index contributed by atoms with van der Waals surface area (Å²) < 4.78 is 27.7. The van der Waals surface area contributed by atoms with Gasteiger partial charge in [-0.1, -0.05) is 6.92 Å². The first-order valence-electron chi connectivity index (χ1n) is 10.4. The summed E-state index contributed by atoms with van der Waals surface area (Å²) in [6.45, 7) is 8.16. The third-order valence-corrected chi connectivity index (χ3v) is 7.96. The van der Waals surface area contributed by atoms with E-state index in [2.05, 4.69) is 5.32 Å². The van der Waals surface area contributed by atoms with Gasteiger partial charge in [0, 0.05) is 43.7 Å². The number of carbonyl (C=O) groups is 2. The van der Waals surface area contributed by atoms with Crippen molar-refractivity contribution in [3.05, 3.63) is 23.8 Å². The number of fused-ring (bicyclic) bond motifs is 1. The van der Waals surface area contributed by atoms with Crippen molar-refractivity contribution in [2.45, 2.75) is 70.4 Å². The minimum atomic E-state index is -3.62. The zero-order chi connectivity index (χ0) is 21.3. The molecule has 2 aliphatic heterocycles. The summed E-state index contributed by atoms with van der Waals surface area (Å²) in [7, 11) is -3.62. The Bertz CT molecular complexity index is 891. The molecule has 3 rings (SSSR count). The van der Waals surface area contributed by atoms with Crippen molar-refractivity contribution < 1.29 is 18.0 Å². The van der Waals surface area contributed by atoms with E-state index in [9.17, 15) is 18.0 Å². The molecule has 1 aromatic rings. The Morgan fingerprint density at radius 1 is 1.24 bits per heavy atom. The lowest BCUT2D eigenvalue weighted by Crippen LogP contribution is -2.44. The second-order valence-corrected chi connectivity index (χ2v) is 10.2. The predicted octanol–water partition coefficient (Wildman–Crippen LogP) is 2.30. The number of nitrogens with one attached hydrogen (secondary N) is 1. The van der Waals surface area contributed by atoms with Crippen LogP contribution in [0.3, 0.4) is 0 Å². The number of carbonyl (C=O) groups excluding carboxylic acids is 2. The highest BCUT2D eigenvalue weighted by molar-refractivity contribution is 7.89. The van der Waals surface area contributed by atoms with Crippen molar-refractivity contribution in [3.8, 4) is 0 Å². The summed E-state index contributed by atoms with van der Waals surface area (Å²) in [4.78, 5) is 26.2. The molecule has 1 N–H and O–H groups in total. The van der Waals surface area contributed by atoms with Gasteiger partial charge in [0.25, 0.3) is 0 Å². The van der Waals surface area contributed by atoms with Crippen LogP contribution in [0, 0.1) is 5.92 Å². The molecule has 0 unspecified atom stereocenters.